The maximum absolute atomic E-state index is 12.8. The predicted molar refractivity (Wildman–Crippen MR) is 61.2 cm³/mol. The maximum Gasteiger partial charge on any atom is 0.252 e. The van der Waals surface area contributed by atoms with Gasteiger partial charge in [0.2, 0.25) is 0 Å². The zero-order valence-electron chi connectivity index (χ0n) is 7.80. The van der Waals surface area contributed by atoms with Crippen molar-refractivity contribution in [3.05, 3.63) is 33.1 Å². The average molecular weight is 321 g/mol. The fourth-order valence-corrected chi connectivity index (χ4v) is 1.98. The van der Waals surface area contributed by atoms with Gasteiger partial charge in [-0.3, -0.25) is 4.79 Å². The topological polar surface area (TPSA) is 38.3 Å². The summed E-state index contributed by atoms with van der Waals surface area (Å²) in [6.45, 7) is 1.12. The number of ether oxygens (including phenoxy) is 1. The molecule has 5 heteroatoms. The van der Waals surface area contributed by atoms with E-state index in [4.69, 9.17) is 4.74 Å². The van der Waals surface area contributed by atoms with Crippen LogP contribution in [0.15, 0.2) is 18.2 Å². The molecule has 0 saturated carbocycles. The van der Waals surface area contributed by atoms with Crippen molar-refractivity contribution in [3.8, 4) is 0 Å². The van der Waals surface area contributed by atoms with Crippen LogP contribution in [0.1, 0.15) is 10.4 Å². The Balaban J connectivity index is 2.10. The molecule has 0 aromatic heterocycles. The molecular weight excluding hydrogens is 312 g/mol. The highest BCUT2D eigenvalue weighted by Gasteiger charge is 2.21. The van der Waals surface area contributed by atoms with Gasteiger partial charge in [-0.1, -0.05) is 0 Å². The summed E-state index contributed by atoms with van der Waals surface area (Å²) in [5.41, 5.74) is 0.504. The van der Waals surface area contributed by atoms with Crippen LogP contribution in [0.2, 0.25) is 0 Å². The van der Waals surface area contributed by atoms with Crippen molar-refractivity contribution >= 4 is 28.5 Å². The van der Waals surface area contributed by atoms with Gasteiger partial charge < -0.3 is 10.1 Å². The Morgan fingerprint density at radius 2 is 2.27 bits per heavy atom. The first kappa shape index (κ1) is 10.8. The molecule has 0 unspecified atom stereocenters. The first-order chi connectivity index (χ1) is 7.16. The van der Waals surface area contributed by atoms with Crippen LogP contribution in [0.25, 0.3) is 0 Å². The van der Waals surface area contributed by atoms with E-state index in [1.807, 2.05) is 22.6 Å². The lowest BCUT2D eigenvalue weighted by molar-refractivity contribution is -0.00348. The number of hydrogen-bond acceptors (Lipinski definition) is 2. The van der Waals surface area contributed by atoms with Gasteiger partial charge in [0.25, 0.3) is 5.91 Å². The molecule has 1 amide bonds. The molecule has 1 N–H and O–H groups in total. The summed E-state index contributed by atoms with van der Waals surface area (Å²) in [4.78, 5) is 11.7. The molecule has 0 aliphatic carbocycles. The van der Waals surface area contributed by atoms with Crippen LogP contribution in [-0.2, 0) is 4.74 Å². The van der Waals surface area contributed by atoms with Crippen LogP contribution >= 0.6 is 22.6 Å². The minimum absolute atomic E-state index is 0.0957. The zero-order valence-corrected chi connectivity index (χ0v) is 9.95. The van der Waals surface area contributed by atoms with Crippen LogP contribution in [-0.4, -0.2) is 25.2 Å². The van der Waals surface area contributed by atoms with Crippen LogP contribution in [0.5, 0.6) is 0 Å². The molecule has 0 radical (unpaired) electrons. The Labute approximate surface area is 100 Å². The maximum atomic E-state index is 12.8. The molecule has 0 spiro atoms. The lowest BCUT2D eigenvalue weighted by atomic mass is 10.2. The lowest BCUT2D eigenvalue weighted by Crippen LogP contribution is -2.48. The summed E-state index contributed by atoms with van der Waals surface area (Å²) in [7, 11) is 0. The third kappa shape index (κ3) is 2.46. The van der Waals surface area contributed by atoms with Crippen molar-refractivity contribution in [2.75, 3.05) is 13.2 Å². The van der Waals surface area contributed by atoms with Crippen LogP contribution < -0.4 is 5.32 Å². The first-order valence-electron chi connectivity index (χ1n) is 4.50. The lowest BCUT2D eigenvalue weighted by Gasteiger charge is -2.26. The summed E-state index contributed by atoms with van der Waals surface area (Å²) < 4.78 is 18.4. The van der Waals surface area contributed by atoms with Crippen LogP contribution in [0, 0.1) is 9.39 Å². The second kappa shape index (κ2) is 4.44. The molecule has 1 aliphatic heterocycles. The Morgan fingerprint density at radius 3 is 2.80 bits per heavy atom. The van der Waals surface area contributed by atoms with Gasteiger partial charge in [0.1, 0.15) is 5.82 Å². The third-order valence-corrected chi connectivity index (χ3v) is 3.04. The van der Waals surface area contributed by atoms with E-state index in [9.17, 15) is 9.18 Å². The molecule has 80 valence electrons. The molecule has 1 aromatic carbocycles. The summed E-state index contributed by atoms with van der Waals surface area (Å²) >= 11 is 1.95. The largest absolute Gasteiger partial charge is 0.377 e. The molecule has 0 atom stereocenters. The van der Waals surface area contributed by atoms with E-state index >= 15 is 0 Å². The number of amides is 1. The van der Waals surface area contributed by atoms with E-state index in [1.54, 1.807) is 0 Å². The van der Waals surface area contributed by atoms with Crippen molar-refractivity contribution in [3.63, 3.8) is 0 Å². The van der Waals surface area contributed by atoms with Crippen molar-refractivity contribution in [1.29, 1.82) is 0 Å². The van der Waals surface area contributed by atoms with E-state index in [-0.39, 0.29) is 17.8 Å². The Hall–Kier alpha value is -0.690. The van der Waals surface area contributed by atoms with E-state index in [2.05, 4.69) is 5.32 Å². The van der Waals surface area contributed by atoms with Crippen molar-refractivity contribution < 1.29 is 13.9 Å². The highest BCUT2D eigenvalue weighted by molar-refractivity contribution is 14.1. The average Bonchev–Trinajstić information content (AvgIpc) is 2.11. The fourth-order valence-electron chi connectivity index (χ4n) is 1.26. The first-order valence-corrected chi connectivity index (χ1v) is 5.58. The standard InChI is InChI=1S/C10H9FINO2/c11-6-1-2-8(9(12)3-6)10(14)13-7-4-15-5-7/h1-3,7H,4-5H2,(H,13,14). The number of benzene rings is 1. The SMILES string of the molecule is O=C(NC1COC1)c1ccc(F)cc1I. The molecule has 1 aliphatic rings. The van der Waals surface area contributed by atoms with Gasteiger partial charge in [-0.25, -0.2) is 4.39 Å². The van der Waals surface area contributed by atoms with E-state index in [0.717, 1.165) is 0 Å². The molecule has 3 nitrogen and oxygen atoms in total. The van der Waals surface area contributed by atoms with Gasteiger partial charge in [0.05, 0.1) is 24.8 Å². The smallest absolute Gasteiger partial charge is 0.252 e. The molecule has 1 fully saturated rings. The Morgan fingerprint density at radius 1 is 1.53 bits per heavy atom. The molecular formula is C10H9FINO2. The van der Waals surface area contributed by atoms with Crippen LogP contribution in [0.4, 0.5) is 4.39 Å². The number of nitrogens with one attached hydrogen (secondary N) is 1. The third-order valence-electron chi connectivity index (χ3n) is 2.15. The molecule has 1 aromatic rings. The molecule has 2 rings (SSSR count). The van der Waals surface area contributed by atoms with Crippen molar-refractivity contribution in [2.24, 2.45) is 0 Å². The quantitative estimate of drug-likeness (QED) is 0.840. The summed E-state index contributed by atoms with van der Waals surface area (Å²) in [6.07, 6.45) is 0. The minimum atomic E-state index is -0.331. The van der Waals surface area contributed by atoms with E-state index in [1.165, 1.54) is 18.2 Å². The minimum Gasteiger partial charge on any atom is -0.377 e. The van der Waals surface area contributed by atoms with Gasteiger partial charge in [-0.2, -0.15) is 0 Å². The molecule has 0 bridgehead atoms. The number of hydrogen-bond donors (Lipinski definition) is 1. The fraction of sp³-hybridized carbons (Fsp3) is 0.300. The van der Waals surface area contributed by atoms with Crippen LogP contribution in [0.3, 0.4) is 0 Å². The van der Waals surface area contributed by atoms with E-state index < -0.39 is 0 Å². The monoisotopic (exact) mass is 321 g/mol. The molecule has 1 heterocycles. The number of halogens is 2. The molecule has 15 heavy (non-hydrogen) atoms. The molecule has 1 saturated heterocycles. The predicted octanol–water partition coefficient (Wildman–Crippen LogP) is 1.56. The van der Waals surface area contributed by atoms with Gasteiger partial charge in [0, 0.05) is 3.57 Å². The highest BCUT2D eigenvalue weighted by atomic mass is 127. The normalized spacial score (nSPS) is 15.9. The van der Waals surface area contributed by atoms with Gasteiger partial charge in [-0.15, -0.1) is 0 Å². The highest BCUT2D eigenvalue weighted by Crippen LogP contribution is 2.14. The Kier molecular flexibility index (Phi) is 3.20. The van der Waals surface area contributed by atoms with Crippen molar-refractivity contribution in [1.82, 2.24) is 5.32 Å². The summed E-state index contributed by atoms with van der Waals surface area (Å²) in [6, 6.07) is 4.21. The number of rotatable bonds is 2. The second-order valence-electron chi connectivity index (χ2n) is 3.33. The zero-order chi connectivity index (χ0) is 10.8. The van der Waals surface area contributed by atoms with Gasteiger partial charge >= 0.3 is 0 Å². The van der Waals surface area contributed by atoms with Crippen molar-refractivity contribution in [2.45, 2.75) is 6.04 Å². The second-order valence-corrected chi connectivity index (χ2v) is 4.49. The van der Waals surface area contributed by atoms with Gasteiger partial charge in [-0.05, 0) is 40.8 Å². The number of carbonyl (C=O) groups excluding carboxylic acids is 1. The van der Waals surface area contributed by atoms with Gasteiger partial charge in [0.15, 0.2) is 0 Å². The van der Waals surface area contributed by atoms with E-state index in [0.29, 0.717) is 22.3 Å². The summed E-state index contributed by atoms with van der Waals surface area (Å²) in [5, 5.41) is 2.80. The number of carbonyl (C=O) groups is 1. The summed E-state index contributed by atoms with van der Waals surface area (Å²) in [5.74, 6) is -0.504. The Bertz CT molecular complexity index is 393.